The Kier molecular flexibility index (Phi) is 3.82. The van der Waals surface area contributed by atoms with Gasteiger partial charge in [-0.2, -0.15) is 8.78 Å². The van der Waals surface area contributed by atoms with Gasteiger partial charge in [-0.15, -0.1) is 0 Å². The van der Waals surface area contributed by atoms with Crippen LogP contribution < -0.4 is 10.1 Å². The number of rotatable bonds is 5. The molecule has 3 nitrogen and oxygen atoms in total. The summed E-state index contributed by atoms with van der Waals surface area (Å²) in [5.41, 5.74) is 0.811. The fraction of sp³-hybridized carbons (Fsp3) is 0.231. The van der Waals surface area contributed by atoms with Crippen molar-refractivity contribution in [2.75, 3.05) is 5.32 Å². The van der Waals surface area contributed by atoms with Crippen LogP contribution in [0.1, 0.15) is 11.5 Å². The number of alkyl halides is 2. The first kappa shape index (κ1) is 12.4. The molecule has 0 radical (unpaired) electrons. The van der Waals surface area contributed by atoms with Crippen molar-refractivity contribution in [3.63, 3.8) is 0 Å². The standard InChI is InChI=1S/C13H13F2NO2/c1-9-2-5-12(17-9)8-16-10-3-6-11(7-4-10)18-13(14)15/h2-7,13,16H,8H2,1H3. The van der Waals surface area contributed by atoms with Gasteiger partial charge in [0, 0.05) is 5.69 Å². The van der Waals surface area contributed by atoms with Gasteiger partial charge in [-0.25, -0.2) is 0 Å². The molecule has 0 atom stereocenters. The van der Waals surface area contributed by atoms with E-state index in [0.717, 1.165) is 17.2 Å². The number of nitrogens with one attached hydrogen (secondary N) is 1. The van der Waals surface area contributed by atoms with E-state index in [4.69, 9.17) is 4.42 Å². The molecular formula is C13H13F2NO2. The van der Waals surface area contributed by atoms with Crippen LogP contribution in [0.25, 0.3) is 0 Å². The van der Waals surface area contributed by atoms with Crippen LogP contribution in [0.4, 0.5) is 14.5 Å². The fourth-order valence-corrected chi connectivity index (χ4v) is 1.52. The van der Waals surface area contributed by atoms with Crippen molar-refractivity contribution in [3.05, 3.63) is 47.9 Å². The molecule has 0 aliphatic carbocycles. The summed E-state index contributed by atoms with van der Waals surface area (Å²) in [6.07, 6.45) is 0. The summed E-state index contributed by atoms with van der Waals surface area (Å²) in [5.74, 6) is 1.82. The van der Waals surface area contributed by atoms with Crippen molar-refractivity contribution >= 4 is 5.69 Å². The summed E-state index contributed by atoms with van der Waals surface area (Å²) in [7, 11) is 0. The number of furan rings is 1. The van der Waals surface area contributed by atoms with Crippen LogP contribution in [0.2, 0.25) is 0 Å². The SMILES string of the molecule is Cc1ccc(CNc2ccc(OC(F)F)cc2)o1. The third-order valence-corrected chi connectivity index (χ3v) is 2.34. The Hall–Kier alpha value is -2.04. The van der Waals surface area contributed by atoms with Gasteiger partial charge in [0.15, 0.2) is 0 Å². The topological polar surface area (TPSA) is 34.4 Å². The molecule has 0 spiro atoms. The molecule has 1 N–H and O–H groups in total. The Morgan fingerprint density at radius 2 is 1.89 bits per heavy atom. The number of anilines is 1. The normalized spacial score (nSPS) is 10.7. The van der Waals surface area contributed by atoms with Crippen molar-refractivity contribution in [3.8, 4) is 5.75 Å². The van der Waals surface area contributed by atoms with E-state index in [-0.39, 0.29) is 5.75 Å². The van der Waals surface area contributed by atoms with Crippen molar-refractivity contribution in [2.24, 2.45) is 0 Å². The molecule has 0 aliphatic heterocycles. The van der Waals surface area contributed by atoms with E-state index >= 15 is 0 Å². The first-order valence-corrected chi connectivity index (χ1v) is 5.47. The molecule has 0 bridgehead atoms. The molecular weight excluding hydrogens is 240 g/mol. The summed E-state index contributed by atoms with van der Waals surface area (Å²) in [6, 6.07) is 10.1. The Morgan fingerprint density at radius 3 is 2.44 bits per heavy atom. The smallest absolute Gasteiger partial charge is 0.387 e. The molecule has 18 heavy (non-hydrogen) atoms. The van der Waals surface area contributed by atoms with Gasteiger partial charge in [-0.05, 0) is 43.3 Å². The summed E-state index contributed by atoms with van der Waals surface area (Å²) >= 11 is 0. The lowest BCUT2D eigenvalue weighted by atomic mass is 10.3. The van der Waals surface area contributed by atoms with Crippen molar-refractivity contribution in [2.45, 2.75) is 20.1 Å². The lowest BCUT2D eigenvalue weighted by molar-refractivity contribution is -0.0498. The monoisotopic (exact) mass is 253 g/mol. The minimum atomic E-state index is -2.80. The molecule has 0 saturated carbocycles. The minimum absolute atomic E-state index is 0.143. The van der Waals surface area contributed by atoms with Gasteiger partial charge in [0.1, 0.15) is 17.3 Å². The summed E-state index contributed by atoms with van der Waals surface area (Å²) in [4.78, 5) is 0. The van der Waals surface area contributed by atoms with Crippen LogP contribution in [0, 0.1) is 6.92 Å². The van der Waals surface area contributed by atoms with Crippen molar-refractivity contribution in [1.29, 1.82) is 0 Å². The van der Waals surface area contributed by atoms with E-state index in [9.17, 15) is 8.78 Å². The van der Waals surface area contributed by atoms with E-state index < -0.39 is 6.61 Å². The Labute approximate surface area is 103 Å². The van der Waals surface area contributed by atoms with Gasteiger partial charge in [0.05, 0.1) is 6.54 Å². The highest BCUT2D eigenvalue weighted by Crippen LogP contribution is 2.18. The molecule has 0 aliphatic rings. The van der Waals surface area contributed by atoms with Gasteiger partial charge in [-0.1, -0.05) is 0 Å². The molecule has 1 aromatic heterocycles. The lowest BCUT2D eigenvalue weighted by Crippen LogP contribution is -2.02. The number of halogens is 2. The van der Waals surface area contributed by atoms with Crippen molar-refractivity contribution < 1.29 is 17.9 Å². The van der Waals surface area contributed by atoms with Crippen LogP contribution in [-0.2, 0) is 6.54 Å². The van der Waals surface area contributed by atoms with Gasteiger partial charge in [0.25, 0.3) is 0 Å². The van der Waals surface area contributed by atoms with E-state index in [0.29, 0.717) is 6.54 Å². The maximum Gasteiger partial charge on any atom is 0.387 e. The quantitative estimate of drug-likeness (QED) is 0.880. The Balaban J connectivity index is 1.90. The average molecular weight is 253 g/mol. The van der Waals surface area contributed by atoms with Crippen LogP contribution >= 0.6 is 0 Å². The molecule has 0 fully saturated rings. The van der Waals surface area contributed by atoms with Gasteiger partial charge in [0.2, 0.25) is 0 Å². The molecule has 5 heteroatoms. The zero-order valence-corrected chi connectivity index (χ0v) is 9.82. The molecule has 1 heterocycles. The van der Waals surface area contributed by atoms with E-state index in [1.54, 1.807) is 12.1 Å². The van der Waals surface area contributed by atoms with Gasteiger partial charge in [-0.3, -0.25) is 0 Å². The number of hydrogen-bond acceptors (Lipinski definition) is 3. The fourth-order valence-electron chi connectivity index (χ4n) is 1.52. The van der Waals surface area contributed by atoms with Crippen LogP contribution in [0.3, 0.4) is 0 Å². The second kappa shape index (κ2) is 5.53. The van der Waals surface area contributed by atoms with Crippen molar-refractivity contribution in [1.82, 2.24) is 0 Å². The predicted octanol–water partition coefficient (Wildman–Crippen LogP) is 3.80. The maximum absolute atomic E-state index is 11.9. The third kappa shape index (κ3) is 3.48. The second-order valence-electron chi connectivity index (χ2n) is 3.77. The van der Waals surface area contributed by atoms with E-state index in [1.165, 1.54) is 12.1 Å². The van der Waals surface area contributed by atoms with Crippen LogP contribution in [-0.4, -0.2) is 6.61 Å². The molecule has 96 valence electrons. The maximum atomic E-state index is 11.9. The second-order valence-corrected chi connectivity index (χ2v) is 3.77. The molecule has 2 aromatic rings. The molecule has 0 unspecified atom stereocenters. The first-order valence-electron chi connectivity index (χ1n) is 5.47. The molecule has 1 aromatic carbocycles. The number of ether oxygens (including phenoxy) is 1. The van der Waals surface area contributed by atoms with Crippen LogP contribution in [0.15, 0.2) is 40.8 Å². The summed E-state index contributed by atoms with van der Waals surface area (Å²) in [6.45, 7) is -0.377. The average Bonchev–Trinajstić information content (AvgIpc) is 2.74. The largest absolute Gasteiger partial charge is 0.465 e. The minimum Gasteiger partial charge on any atom is -0.465 e. The van der Waals surface area contributed by atoms with Gasteiger partial charge < -0.3 is 14.5 Å². The lowest BCUT2D eigenvalue weighted by Gasteiger charge is -2.07. The third-order valence-electron chi connectivity index (χ3n) is 2.34. The van der Waals surface area contributed by atoms with E-state index in [2.05, 4.69) is 10.1 Å². The number of aryl methyl sites for hydroxylation is 1. The Morgan fingerprint density at radius 1 is 1.17 bits per heavy atom. The van der Waals surface area contributed by atoms with Crippen LogP contribution in [0.5, 0.6) is 5.75 Å². The van der Waals surface area contributed by atoms with Gasteiger partial charge >= 0.3 is 6.61 Å². The highest BCUT2D eigenvalue weighted by molar-refractivity contribution is 5.46. The molecule has 0 amide bonds. The highest BCUT2D eigenvalue weighted by atomic mass is 19.3. The number of benzene rings is 1. The number of hydrogen-bond donors (Lipinski definition) is 1. The zero-order valence-electron chi connectivity index (χ0n) is 9.82. The predicted molar refractivity (Wildman–Crippen MR) is 63.8 cm³/mol. The summed E-state index contributed by atoms with van der Waals surface area (Å²) in [5, 5.41) is 3.12. The van der Waals surface area contributed by atoms with E-state index in [1.807, 2.05) is 19.1 Å². The highest BCUT2D eigenvalue weighted by Gasteiger charge is 2.04. The summed E-state index contributed by atoms with van der Waals surface area (Å²) < 4.78 is 33.5. The first-order chi connectivity index (χ1) is 8.63. The Bertz CT molecular complexity index is 494. The molecule has 0 saturated heterocycles. The zero-order chi connectivity index (χ0) is 13.0. The molecule has 2 rings (SSSR count).